The van der Waals surface area contributed by atoms with Gasteiger partial charge >= 0.3 is 5.97 Å². The molecule has 2 N–H and O–H groups in total. The van der Waals surface area contributed by atoms with E-state index in [4.69, 9.17) is 5.11 Å². The van der Waals surface area contributed by atoms with Crippen LogP contribution in [0.15, 0.2) is 46.3 Å². The summed E-state index contributed by atoms with van der Waals surface area (Å²) in [5.74, 6) is -2.75. The average Bonchev–Trinajstić information content (AvgIpc) is 3.07. The minimum absolute atomic E-state index is 0.0372. The zero-order chi connectivity index (χ0) is 19.8. The summed E-state index contributed by atoms with van der Waals surface area (Å²) in [6, 6.07) is 4.01. The molecule has 0 bridgehead atoms. The van der Waals surface area contributed by atoms with Gasteiger partial charge in [-0.2, -0.15) is 4.31 Å². The predicted molar refractivity (Wildman–Crippen MR) is 92.6 cm³/mol. The van der Waals surface area contributed by atoms with Crippen molar-refractivity contribution in [1.29, 1.82) is 0 Å². The number of aromatic nitrogens is 1. The van der Waals surface area contributed by atoms with Crippen LogP contribution in [-0.2, 0) is 16.6 Å². The summed E-state index contributed by atoms with van der Waals surface area (Å²) in [6.45, 7) is 0.330. The molecule has 2 heterocycles. The molecular weight excluding hydrogens is 379 g/mol. The van der Waals surface area contributed by atoms with E-state index in [1.807, 2.05) is 0 Å². The number of aromatic hydroxyl groups is 1. The van der Waals surface area contributed by atoms with Crippen LogP contribution in [0.1, 0.15) is 23.2 Å². The Balaban J connectivity index is 1.90. The number of aromatic carboxylic acids is 1. The van der Waals surface area contributed by atoms with Crippen LogP contribution in [0.2, 0.25) is 0 Å². The van der Waals surface area contributed by atoms with Crippen LogP contribution >= 0.6 is 0 Å². The summed E-state index contributed by atoms with van der Waals surface area (Å²) in [5, 5.41) is 18.7. The molecule has 1 saturated heterocycles. The monoisotopic (exact) mass is 396 g/mol. The number of halogens is 1. The van der Waals surface area contributed by atoms with E-state index in [0.29, 0.717) is 12.8 Å². The lowest BCUT2D eigenvalue weighted by Gasteiger charge is -2.25. The van der Waals surface area contributed by atoms with E-state index in [0.717, 1.165) is 24.5 Å². The molecule has 3 rings (SSSR count). The third-order valence-electron chi connectivity index (χ3n) is 4.46. The molecule has 144 valence electrons. The van der Waals surface area contributed by atoms with Crippen LogP contribution in [0.25, 0.3) is 0 Å². The van der Waals surface area contributed by atoms with Crippen LogP contribution in [0.4, 0.5) is 4.39 Å². The molecule has 8 nitrogen and oxygen atoms in total. The molecule has 0 saturated carbocycles. The number of carbonyl (C=O) groups is 1. The molecule has 0 spiro atoms. The first kappa shape index (κ1) is 19.1. The van der Waals surface area contributed by atoms with Crippen molar-refractivity contribution in [2.75, 3.05) is 6.54 Å². The molecule has 1 aromatic heterocycles. The highest BCUT2D eigenvalue weighted by atomic mass is 32.2. The number of hydrogen-bond donors (Lipinski definition) is 2. The second-order valence-corrected chi connectivity index (χ2v) is 8.14. The first-order valence-electron chi connectivity index (χ1n) is 8.14. The molecule has 0 aliphatic carbocycles. The Labute approximate surface area is 154 Å². The van der Waals surface area contributed by atoms with Crippen LogP contribution < -0.4 is 5.43 Å². The molecule has 1 fully saturated rings. The van der Waals surface area contributed by atoms with Gasteiger partial charge in [0.05, 0.1) is 4.90 Å². The van der Waals surface area contributed by atoms with Crippen molar-refractivity contribution >= 4 is 16.0 Å². The highest BCUT2D eigenvalue weighted by Crippen LogP contribution is 2.27. The third kappa shape index (κ3) is 3.71. The molecule has 1 aromatic carbocycles. The van der Waals surface area contributed by atoms with Gasteiger partial charge in [0.25, 0.3) is 0 Å². The summed E-state index contributed by atoms with van der Waals surface area (Å²) in [6.07, 6.45) is 3.28. The van der Waals surface area contributed by atoms with Gasteiger partial charge in [-0.1, -0.05) is 0 Å². The maximum absolute atomic E-state index is 13.1. The SMILES string of the molecule is O=C(O)c1cn(C[C@@H]2CCCN2S(=O)(=O)c2ccc(F)cc2)cc(O)c1=O. The van der Waals surface area contributed by atoms with Crippen molar-refractivity contribution in [3.05, 3.63) is 58.3 Å². The normalized spacial score (nSPS) is 17.9. The van der Waals surface area contributed by atoms with Gasteiger partial charge in [0.2, 0.25) is 15.5 Å². The number of hydrogen-bond acceptors (Lipinski definition) is 5. The summed E-state index contributed by atoms with van der Waals surface area (Å²) in [4.78, 5) is 22.8. The lowest BCUT2D eigenvalue weighted by Crippen LogP contribution is -2.38. The fourth-order valence-corrected chi connectivity index (χ4v) is 4.85. The number of sulfonamides is 1. The Morgan fingerprint density at radius 2 is 1.89 bits per heavy atom. The Morgan fingerprint density at radius 1 is 1.22 bits per heavy atom. The van der Waals surface area contributed by atoms with Gasteiger partial charge in [-0.15, -0.1) is 0 Å². The summed E-state index contributed by atoms with van der Waals surface area (Å²) < 4.78 is 41.3. The number of pyridine rings is 1. The minimum atomic E-state index is -3.86. The summed E-state index contributed by atoms with van der Waals surface area (Å²) in [5.41, 5.74) is -1.60. The van der Waals surface area contributed by atoms with Gasteiger partial charge in [-0.25, -0.2) is 17.6 Å². The number of rotatable bonds is 5. The fraction of sp³-hybridized carbons (Fsp3) is 0.294. The van der Waals surface area contributed by atoms with Crippen LogP contribution in [-0.4, -0.2) is 46.1 Å². The van der Waals surface area contributed by atoms with Crippen molar-refractivity contribution in [1.82, 2.24) is 8.87 Å². The van der Waals surface area contributed by atoms with Crippen LogP contribution in [0.5, 0.6) is 5.75 Å². The standard InChI is InChI=1S/C17H17FN2O6S/c18-11-3-5-13(6-4-11)27(25,26)20-7-1-2-12(20)8-19-9-14(17(23)24)16(22)15(21)10-19/h3-6,9-10,12,21H,1-2,7-8H2,(H,23,24)/t12-/m0/s1. The van der Waals surface area contributed by atoms with Gasteiger partial charge in [0, 0.05) is 31.5 Å². The second kappa shape index (κ2) is 7.12. The van der Waals surface area contributed by atoms with E-state index < -0.39 is 44.6 Å². The van der Waals surface area contributed by atoms with Crippen LogP contribution in [0.3, 0.4) is 0 Å². The molecule has 2 aromatic rings. The quantitative estimate of drug-likeness (QED) is 0.786. The van der Waals surface area contributed by atoms with E-state index in [1.165, 1.54) is 21.0 Å². The smallest absolute Gasteiger partial charge is 0.341 e. The molecule has 10 heteroatoms. The predicted octanol–water partition coefficient (Wildman–Crippen LogP) is 1.24. The molecule has 1 aliphatic rings. The Morgan fingerprint density at radius 3 is 2.52 bits per heavy atom. The number of benzene rings is 1. The summed E-state index contributed by atoms with van der Waals surface area (Å²) >= 11 is 0. The van der Waals surface area contributed by atoms with E-state index in [2.05, 4.69) is 0 Å². The maximum Gasteiger partial charge on any atom is 0.341 e. The second-order valence-electron chi connectivity index (χ2n) is 6.25. The lowest BCUT2D eigenvalue weighted by atomic mass is 10.2. The van der Waals surface area contributed by atoms with E-state index in [9.17, 15) is 27.5 Å². The van der Waals surface area contributed by atoms with Crippen LogP contribution in [0, 0.1) is 5.82 Å². The topological polar surface area (TPSA) is 117 Å². The maximum atomic E-state index is 13.1. The van der Waals surface area contributed by atoms with Crippen molar-refractivity contribution in [3.8, 4) is 5.75 Å². The molecule has 0 amide bonds. The fourth-order valence-electron chi connectivity index (χ4n) is 3.17. The largest absolute Gasteiger partial charge is 0.503 e. The molecule has 1 atom stereocenters. The van der Waals surface area contributed by atoms with Gasteiger partial charge < -0.3 is 14.8 Å². The third-order valence-corrected chi connectivity index (χ3v) is 6.42. The lowest BCUT2D eigenvalue weighted by molar-refractivity contribution is 0.0693. The Kier molecular flexibility index (Phi) is 5.03. The van der Waals surface area contributed by atoms with Crippen molar-refractivity contribution < 1.29 is 27.8 Å². The molecule has 0 radical (unpaired) electrons. The molecule has 0 unspecified atom stereocenters. The Hall–Kier alpha value is -2.72. The zero-order valence-electron chi connectivity index (χ0n) is 14.1. The van der Waals surface area contributed by atoms with Gasteiger partial charge in [-0.3, -0.25) is 4.79 Å². The molecule has 27 heavy (non-hydrogen) atoms. The van der Waals surface area contributed by atoms with Gasteiger partial charge in [0.15, 0.2) is 5.75 Å². The average molecular weight is 396 g/mol. The number of carboxylic acids is 1. The number of nitrogens with zero attached hydrogens (tertiary/aromatic N) is 2. The first-order chi connectivity index (χ1) is 12.7. The van der Waals surface area contributed by atoms with E-state index in [-0.39, 0.29) is 18.0 Å². The van der Waals surface area contributed by atoms with E-state index >= 15 is 0 Å². The highest BCUT2D eigenvalue weighted by Gasteiger charge is 2.35. The first-order valence-corrected chi connectivity index (χ1v) is 9.58. The van der Waals surface area contributed by atoms with Crippen molar-refractivity contribution in [3.63, 3.8) is 0 Å². The molecule has 1 aliphatic heterocycles. The van der Waals surface area contributed by atoms with Gasteiger partial charge in [0.1, 0.15) is 11.4 Å². The number of carboxylic acid groups (broad SMARTS) is 1. The van der Waals surface area contributed by atoms with E-state index in [1.54, 1.807) is 0 Å². The summed E-state index contributed by atoms with van der Waals surface area (Å²) in [7, 11) is -3.86. The minimum Gasteiger partial charge on any atom is -0.503 e. The molecular formula is C17H17FN2O6S. The Bertz CT molecular complexity index is 1030. The van der Waals surface area contributed by atoms with Crippen molar-refractivity contribution in [2.24, 2.45) is 0 Å². The highest BCUT2D eigenvalue weighted by molar-refractivity contribution is 7.89. The van der Waals surface area contributed by atoms with Gasteiger partial charge in [-0.05, 0) is 37.1 Å². The zero-order valence-corrected chi connectivity index (χ0v) is 14.9. The van der Waals surface area contributed by atoms with Crippen molar-refractivity contribution in [2.45, 2.75) is 30.3 Å².